The molecular formula is C10H4F2N4O. The molecule has 0 fully saturated rings. The molecule has 0 aliphatic rings. The largest absolute Gasteiger partial charge is 0.298 e. The van der Waals surface area contributed by atoms with Crippen LogP contribution in [0.25, 0.3) is 0 Å². The van der Waals surface area contributed by atoms with Crippen molar-refractivity contribution in [2.45, 2.75) is 0 Å². The van der Waals surface area contributed by atoms with Gasteiger partial charge in [-0.2, -0.15) is 15.6 Å². The van der Waals surface area contributed by atoms with Crippen molar-refractivity contribution in [2.24, 2.45) is 5.10 Å². The molecule has 0 atom stereocenters. The quantitative estimate of drug-likeness (QED) is 0.488. The summed E-state index contributed by atoms with van der Waals surface area (Å²) >= 11 is 0. The summed E-state index contributed by atoms with van der Waals surface area (Å²) in [7, 11) is 0. The zero-order chi connectivity index (χ0) is 12.8. The highest BCUT2D eigenvalue weighted by Crippen LogP contribution is 2.21. The van der Waals surface area contributed by atoms with Gasteiger partial charge in [-0.3, -0.25) is 10.2 Å². The van der Waals surface area contributed by atoms with Gasteiger partial charge >= 0.3 is 0 Å². The Bertz CT molecular complexity index is 553. The predicted octanol–water partition coefficient (Wildman–Crippen LogP) is 1.59. The van der Waals surface area contributed by atoms with Gasteiger partial charge in [0.15, 0.2) is 17.9 Å². The molecule has 0 bridgehead atoms. The van der Waals surface area contributed by atoms with Gasteiger partial charge in [0.25, 0.3) is 0 Å². The van der Waals surface area contributed by atoms with Gasteiger partial charge in [-0.25, -0.2) is 8.78 Å². The Balaban J connectivity index is 3.19. The smallest absolute Gasteiger partial charge is 0.237 e. The molecule has 17 heavy (non-hydrogen) atoms. The molecule has 0 radical (unpaired) electrons. The Labute approximate surface area is 94.6 Å². The van der Waals surface area contributed by atoms with Crippen molar-refractivity contribution in [3.05, 3.63) is 29.3 Å². The Morgan fingerprint density at radius 1 is 1.35 bits per heavy atom. The number of benzene rings is 1. The van der Waals surface area contributed by atoms with E-state index in [0.29, 0.717) is 6.29 Å². The van der Waals surface area contributed by atoms with E-state index in [2.05, 4.69) is 5.10 Å². The van der Waals surface area contributed by atoms with Crippen LogP contribution in [0.15, 0.2) is 17.2 Å². The zero-order valence-electron chi connectivity index (χ0n) is 8.24. The van der Waals surface area contributed by atoms with E-state index in [1.54, 1.807) is 0 Å². The minimum absolute atomic E-state index is 0.178. The third-order valence-electron chi connectivity index (χ3n) is 1.75. The van der Waals surface area contributed by atoms with E-state index in [4.69, 9.17) is 10.5 Å². The number of halogens is 2. The summed E-state index contributed by atoms with van der Waals surface area (Å²) in [5.41, 5.74) is 0.691. The standard InChI is InChI=1S/C10H4F2N4O/c11-8-2-1-6(5-17)10(9(8)12)16-15-7(3-13)4-14/h1-2,5,16H. The van der Waals surface area contributed by atoms with Crippen LogP contribution in [0.2, 0.25) is 0 Å². The molecule has 0 unspecified atom stereocenters. The van der Waals surface area contributed by atoms with Gasteiger partial charge < -0.3 is 0 Å². The first kappa shape index (κ1) is 12.3. The lowest BCUT2D eigenvalue weighted by molar-refractivity contribution is 0.112. The average molecular weight is 234 g/mol. The molecule has 0 amide bonds. The van der Waals surface area contributed by atoms with E-state index in [-0.39, 0.29) is 5.56 Å². The molecule has 0 saturated carbocycles. The highest BCUT2D eigenvalue weighted by Gasteiger charge is 2.12. The lowest BCUT2D eigenvalue weighted by atomic mass is 10.2. The number of aldehydes is 1. The number of hydrogen-bond acceptors (Lipinski definition) is 5. The fourth-order valence-electron chi connectivity index (χ4n) is 0.964. The number of carbonyl (C=O) groups is 1. The maximum absolute atomic E-state index is 13.3. The molecule has 7 heteroatoms. The summed E-state index contributed by atoms with van der Waals surface area (Å²) in [6.07, 6.45) is 0.290. The van der Waals surface area contributed by atoms with E-state index in [0.717, 1.165) is 12.1 Å². The van der Waals surface area contributed by atoms with Crippen molar-refractivity contribution in [3.63, 3.8) is 0 Å². The molecule has 0 spiro atoms. The van der Waals surface area contributed by atoms with E-state index in [1.807, 2.05) is 5.43 Å². The van der Waals surface area contributed by atoms with Crippen LogP contribution in [0.5, 0.6) is 0 Å². The summed E-state index contributed by atoms with van der Waals surface area (Å²) in [5, 5.41) is 20.0. The fraction of sp³-hybridized carbons (Fsp3) is 0. The summed E-state index contributed by atoms with van der Waals surface area (Å²) in [4.78, 5) is 10.6. The Morgan fingerprint density at radius 2 is 2.00 bits per heavy atom. The molecule has 0 aliphatic heterocycles. The molecule has 1 aromatic carbocycles. The second-order valence-corrected chi connectivity index (χ2v) is 2.74. The summed E-state index contributed by atoms with van der Waals surface area (Å²) < 4.78 is 26.2. The number of nitrogens with one attached hydrogen (secondary N) is 1. The molecule has 5 nitrogen and oxygen atoms in total. The second kappa shape index (κ2) is 5.33. The average Bonchev–Trinajstić information content (AvgIpc) is 2.35. The molecule has 0 aliphatic carbocycles. The molecule has 84 valence electrons. The predicted molar refractivity (Wildman–Crippen MR) is 54.0 cm³/mol. The number of carbonyl (C=O) groups excluding carboxylic acids is 1. The van der Waals surface area contributed by atoms with Crippen LogP contribution in [0.1, 0.15) is 10.4 Å². The molecular weight excluding hydrogens is 230 g/mol. The lowest BCUT2D eigenvalue weighted by Crippen LogP contribution is -2.03. The second-order valence-electron chi connectivity index (χ2n) is 2.74. The SMILES string of the molecule is N#CC(C#N)=NNc1c(C=O)ccc(F)c1F. The van der Waals surface area contributed by atoms with Crippen molar-refractivity contribution in [3.8, 4) is 12.1 Å². The topological polar surface area (TPSA) is 89.0 Å². The Morgan fingerprint density at radius 3 is 2.53 bits per heavy atom. The van der Waals surface area contributed by atoms with Crippen LogP contribution in [0.3, 0.4) is 0 Å². The number of nitriles is 2. The summed E-state index contributed by atoms with van der Waals surface area (Å²) in [6.45, 7) is 0. The van der Waals surface area contributed by atoms with Crippen molar-refractivity contribution in [2.75, 3.05) is 5.43 Å². The van der Waals surface area contributed by atoms with Gasteiger partial charge in [0, 0.05) is 5.56 Å². The van der Waals surface area contributed by atoms with Gasteiger partial charge in [-0.05, 0) is 12.1 Å². The van der Waals surface area contributed by atoms with Crippen LogP contribution in [-0.2, 0) is 0 Å². The molecule has 1 rings (SSSR count). The van der Waals surface area contributed by atoms with Crippen LogP contribution in [0, 0.1) is 34.3 Å². The van der Waals surface area contributed by atoms with Gasteiger partial charge in [0.05, 0.1) is 0 Å². The first-order chi connectivity index (χ1) is 8.13. The maximum atomic E-state index is 13.3. The van der Waals surface area contributed by atoms with Crippen LogP contribution < -0.4 is 5.43 Å². The molecule has 1 N–H and O–H groups in total. The zero-order valence-corrected chi connectivity index (χ0v) is 8.24. The minimum atomic E-state index is -1.31. The number of rotatable bonds is 3. The Hall–Kier alpha value is -2.80. The van der Waals surface area contributed by atoms with E-state index < -0.39 is 23.0 Å². The monoisotopic (exact) mass is 234 g/mol. The molecule has 0 heterocycles. The van der Waals surface area contributed by atoms with Gasteiger partial charge in [-0.1, -0.05) is 0 Å². The van der Waals surface area contributed by atoms with E-state index in [1.165, 1.54) is 12.1 Å². The Kier molecular flexibility index (Phi) is 3.85. The van der Waals surface area contributed by atoms with Gasteiger partial charge in [-0.15, -0.1) is 0 Å². The van der Waals surface area contributed by atoms with E-state index >= 15 is 0 Å². The van der Waals surface area contributed by atoms with Gasteiger partial charge in [0.1, 0.15) is 17.8 Å². The molecule has 0 aromatic heterocycles. The lowest BCUT2D eigenvalue weighted by Gasteiger charge is -2.05. The third kappa shape index (κ3) is 2.61. The van der Waals surface area contributed by atoms with E-state index in [9.17, 15) is 13.6 Å². The highest BCUT2D eigenvalue weighted by molar-refractivity contribution is 6.10. The van der Waals surface area contributed by atoms with Crippen LogP contribution >= 0.6 is 0 Å². The van der Waals surface area contributed by atoms with Crippen molar-refractivity contribution in [1.82, 2.24) is 0 Å². The normalized spacial score (nSPS) is 8.71. The first-order valence-electron chi connectivity index (χ1n) is 4.21. The van der Waals surface area contributed by atoms with Crippen molar-refractivity contribution < 1.29 is 13.6 Å². The van der Waals surface area contributed by atoms with Crippen molar-refractivity contribution >= 4 is 17.7 Å². The highest BCUT2D eigenvalue weighted by atomic mass is 19.2. The van der Waals surface area contributed by atoms with Gasteiger partial charge in [0.2, 0.25) is 5.71 Å². The maximum Gasteiger partial charge on any atom is 0.237 e. The third-order valence-corrected chi connectivity index (χ3v) is 1.75. The summed E-state index contributed by atoms with van der Waals surface area (Å²) in [5.74, 6) is -2.49. The number of anilines is 1. The van der Waals surface area contributed by atoms with Crippen molar-refractivity contribution in [1.29, 1.82) is 10.5 Å². The molecule has 0 saturated heterocycles. The van der Waals surface area contributed by atoms with Crippen LogP contribution in [-0.4, -0.2) is 12.0 Å². The summed E-state index contributed by atoms with van der Waals surface area (Å²) in [6, 6.07) is 4.66. The number of hydrogen-bond donors (Lipinski definition) is 1. The fourth-order valence-corrected chi connectivity index (χ4v) is 0.964. The minimum Gasteiger partial charge on any atom is -0.298 e. The molecule has 1 aromatic rings. The first-order valence-corrected chi connectivity index (χ1v) is 4.21. The van der Waals surface area contributed by atoms with Crippen LogP contribution in [0.4, 0.5) is 14.5 Å². The number of nitrogens with zero attached hydrogens (tertiary/aromatic N) is 3. The number of hydrazone groups is 1.